The smallest absolute Gasteiger partial charge is 0.266 e. The lowest BCUT2D eigenvalue weighted by Crippen LogP contribution is -2.29. The highest BCUT2D eigenvalue weighted by atomic mass is 32.2. The van der Waals surface area contributed by atoms with Crippen molar-refractivity contribution < 1.29 is 4.79 Å². The minimum Gasteiger partial charge on any atom is -0.349 e. The van der Waals surface area contributed by atoms with Crippen LogP contribution in [0.1, 0.15) is 29.7 Å². The van der Waals surface area contributed by atoms with Crippen molar-refractivity contribution in [2.75, 3.05) is 5.75 Å². The number of aromatic nitrogens is 2. The van der Waals surface area contributed by atoms with Crippen LogP contribution < -0.4 is 10.9 Å². The first-order valence-corrected chi connectivity index (χ1v) is 11.5. The van der Waals surface area contributed by atoms with Crippen molar-refractivity contribution in [3.05, 3.63) is 99.8 Å². The molecule has 3 aromatic carbocycles. The summed E-state index contributed by atoms with van der Waals surface area (Å²) in [5, 5.41) is 4.08. The lowest BCUT2D eigenvalue weighted by molar-refractivity contribution is -0.119. The van der Waals surface area contributed by atoms with Gasteiger partial charge in [-0.2, -0.15) is 0 Å². The predicted molar refractivity (Wildman–Crippen MR) is 131 cm³/mol. The fourth-order valence-corrected chi connectivity index (χ4v) is 4.53. The second-order valence-electron chi connectivity index (χ2n) is 7.83. The highest BCUT2D eigenvalue weighted by Gasteiger charge is 2.17. The van der Waals surface area contributed by atoms with Crippen molar-refractivity contribution in [2.24, 2.45) is 0 Å². The lowest BCUT2D eigenvalue weighted by atomic mass is 10.1. The van der Waals surface area contributed by atoms with Gasteiger partial charge in [-0.3, -0.25) is 14.2 Å². The van der Waals surface area contributed by atoms with Crippen LogP contribution in [0, 0.1) is 13.8 Å². The molecule has 4 aromatic rings. The number of fused-ring (bicyclic) bond motifs is 1. The Bertz CT molecular complexity index is 1330. The number of hydrogen-bond donors (Lipinski definition) is 1. The van der Waals surface area contributed by atoms with Gasteiger partial charge in [0.05, 0.1) is 28.4 Å². The molecule has 0 aliphatic heterocycles. The average Bonchev–Trinajstić information content (AvgIpc) is 2.79. The zero-order chi connectivity index (χ0) is 22.7. The standard InChI is InChI=1S/C26H25N3O2S/c1-17-13-14-23(18(2)15-17)29-25(31)21-11-7-8-12-22(21)28-26(29)32-16-24(30)27-19(3)20-9-5-4-6-10-20/h4-15,19H,16H2,1-3H3,(H,27,30). The van der Waals surface area contributed by atoms with Crippen molar-refractivity contribution in [3.8, 4) is 5.69 Å². The van der Waals surface area contributed by atoms with Crippen LogP contribution >= 0.6 is 11.8 Å². The molecule has 0 saturated carbocycles. The van der Waals surface area contributed by atoms with Crippen LogP contribution in [0.15, 0.2) is 82.7 Å². The van der Waals surface area contributed by atoms with Gasteiger partial charge in [0.15, 0.2) is 5.16 Å². The summed E-state index contributed by atoms with van der Waals surface area (Å²) in [5.41, 5.74) is 4.41. The third-order valence-corrected chi connectivity index (χ3v) is 6.29. The van der Waals surface area contributed by atoms with E-state index in [4.69, 9.17) is 4.98 Å². The summed E-state index contributed by atoms with van der Waals surface area (Å²) < 4.78 is 1.62. The maximum absolute atomic E-state index is 13.4. The summed E-state index contributed by atoms with van der Waals surface area (Å²) in [7, 11) is 0. The lowest BCUT2D eigenvalue weighted by Gasteiger charge is -2.17. The van der Waals surface area contributed by atoms with E-state index in [0.29, 0.717) is 16.1 Å². The molecule has 0 fully saturated rings. The first kappa shape index (κ1) is 21.8. The molecule has 1 amide bonds. The van der Waals surface area contributed by atoms with Gasteiger partial charge >= 0.3 is 0 Å². The SMILES string of the molecule is Cc1ccc(-n2c(SCC(=O)NC(C)c3ccccc3)nc3ccccc3c2=O)c(C)c1. The predicted octanol–water partition coefficient (Wildman–Crippen LogP) is 4.97. The van der Waals surface area contributed by atoms with Crippen molar-refractivity contribution in [3.63, 3.8) is 0 Å². The largest absolute Gasteiger partial charge is 0.349 e. The molecule has 4 rings (SSSR count). The third kappa shape index (κ3) is 4.60. The molecule has 5 nitrogen and oxygen atoms in total. The van der Waals surface area contributed by atoms with Gasteiger partial charge in [0.25, 0.3) is 5.56 Å². The maximum Gasteiger partial charge on any atom is 0.266 e. The quantitative estimate of drug-likeness (QED) is 0.337. The normalized spacial score (nSPS) is 12.0. The Morgan fingerprint density at radius 3 is 2.50 bits per heavy atom. The van der Waals surface area contributed by atoms with Crippen LogP contribution in [0.3, 0.4) is 0 Å². The molecule has 0 aliphatic carbocycles. The number of benzene rings is 3. The maximum atomic E-state index is 13.4. The number of rotatable bonds is 6. The second kappa shape index (κ2) is 9.40. The summed E-state index contributed by atoms with van der Waals surface area (Å²) >= 11 is 1.27. The first-order valence-electron chi connectivity index (χ1n) is 10.5. The van der Waals surface area contributed by atoms with E-state index in [0.717, 1.165) is 22.4 Å². The zero-order valence-corrected chi connectivity index (χ0v) is 19.1. The fourth-order valence-electron chi connectivity index (χ4n) is 3.72. The minimum absolute atomic E-state index is 0.101. The van der Waals surface area contributed by atoms with Crippen LogP contribution in [0.4, 0.5) is 0 Å². The molecule has 1 atom stereocenters. The Balaban J connectivity index is 1.65. The molecule has 0 aliphatic rings. The molecular weight excluding hydrogens is 418 g/mol. The number of para-hydroxylation sites is 1. The van der Waals surface area contributed by atoms with Gasteiger partial charge in [0.1, 0.15) is 0 Å². The van der Waals surface area contributed by atoms with Crippen LogP contribution in [-0.4, -0.2) is 21.2 Å². The second-order valence-corrected chi connectivity index (χ2v) is 8.77. The molecule has 0 bridgehead atoms. The number of aryl methyl sites for hydroxylation is 2. The summed E-state index contributed by atoms with van der Waals surface area (Å²) in [6, 6.07) is 23.0. The number of hydrogen-bond acceptors (Lipinski definition) is 4. The first-order chi connectivity index (χ1) is 15.4. The van der Waals surface area contributed by atoms with Crippen molar-refractivity contribution in [1.29, 1.82) is 0 Å². The van der Waals surface area contributed by atoms with Gasteiger partial charge in [0, 0.05) is 0 Å². The highest BCUT2D eigenvalue weighted by Crippen LogP contribution is 2.24. The third-order valence-electron chi connectivity index (χ3n) is 5.35. The van der Waals surface area contributed by atoms with E-state index in [2.05, 4.69) is 5.32 Å². The Labute approximate surface area is 191 Å². The van der Waals surface area contributed by atoms with Crippen molar-refractivity contribution in [2.45, 2.75) is 32.0 Å². The van der Waals surface area contributed by atoms with Gasteiger partial charge < -0.3 is 5.32 Å². The number of amides is 1. The zero-order valence-electron chi connectivity index (χ0n) is 18.3. The average molecular weight is 444 g/mol. The number of carbonyl (C=O) groups is 1. The van der Waals surface area contributed by atoms with Crippen LogP contribution in [-0.2, 0) is 4.79 Å². The molecular formula is C26H25N3O2S. The molecule has 6 heteroatoms. The van der Waals surface area contributed by atoms with Gasteiger partial charge in [-0.1, -0.05) is 71.9 Å². The van der Waals surface area contributed by atoms with Crippen LogP contribution in [0.25, 0.3) is 16.6 Å². The molecule has 1 unspecified atom stereocenters. The molecule has 0 spiro atoms. The minimum atomic E-state index is -0.136. The van der Waals surface area contributed by atoms with E-state index >= 15 is 0 Å². The van der Waals surface area contributed by atoms with E-state index in [9.17, 15) is 9.59 Å². The molecule has 1 aromatic heterocycles. The Kier molecular flexibility index (Phi) is 6.42. The van der Waals surface area contributed by atoms with Crippen LogP contribution in [0.5, 0.6) is 0 Å². The van der Waals surface area contributed by atoms with Crippen molar-refractivity contribution >= 4 is 28.6 Å². The number of thioether (sulfide) groups is 1. The fraction of sp³-hybridized carbons (Fsp3) is 0.192. The molecule has 1 N–H and O–H groups in total. The summed E-state index contributed by atoms with van der Waals surface area (Å²) in [6.07, 6.45) is 0. The van der Waals surface area contributed by atoms with Gasteiger partial charge in [-0.15, -0.1) is 0 Å². The van der Waals surface area contributed by atoms with E-state index in [1.807, 2.05) is 87.5 Å². The van der Waals surface area contributed by atoms with Gasteiger partial charge in [-0.05, 0) is 50.1 Å². The van der Waals surface area contributed by atoms with Gasteiger partial charge in [-0.25, -0.2) is 4.98 Å². The molecule has 0 saturated heterocycles. The van der Waals surface area contributed by atoms with E-state index in [-0.39, 0.29) is 23.3 Å². The van der Waals surface area contributed by atoms with E-state index < -0.39 is 0 Å². The number of carbonyl (C=O) groups excluding carboxylic acids is 1. The molecule has 0 radical (unpaired) electrons. The van der Waals surface area contributed by atoms with Crippen molar-refractivity contribution in [1.82, 2.24) is 14.9 Å². The van der Waals surface area contributed by atoms with Gasteiger partial charge in [0.2, 0.25) is 5.91 Å². The molecule has 1 heterocycles. The topological polar surface area (TPSA) is 64.0 Å². The number of nitrogens with one attached hydrogen (secondary N) is 1. The van der Waals surface area contributed by atoms with Crippen LogP contribution in [0.2, 0.25) is 0 Å². The monoisotopic (exact) mass is 443 g/mol. The Morgan fingerprint density at radius 1 is 1.03 bits per heavy atom. The Morgan fingerprint density at radius 2 is 1.75 bits per heavy atom. The molecule has 32 heavy (non-hydrogen) atoms. The summed E-state index contributed by atoms with van der Waals surface area (Å²) in [4.78, 5) is 30.8. The van der Waals surface area contributed by atoms with E-state index in [1.54, 1.807) is 10.6 Å². The highest BCUT2D eigenvalue weighted by molar-refractivity contribution is 7.99. The van der Waals surface area contributed by atoms with E-state index in [1.165, 1.54) is 11.8 Å². The summed E-state index contributed by atoms with van der Waals surface area (Å²) in [5.74, 6) is 0.0493. The molecule has 162 valence electrons. The summed E-state index contributed by atoms with van der Waals surface area (Å²) in [6.45, 7) is 5.95. The Hall–Kier alpha value is -3.38. The number of nitrogens with zero attached hydrogens (tertiary/aromatic N) is 2.